The fourth-order valence-electron chi connectivity index (χ4n) is 1.52. The summed E-state index contributed by atoms with van der Waals surface area (Å²) in [7, 11) is -3.65. The lowest BCUT2D eigenvalue weighted by Gasteiger charge is -2.02. The van der Waals surface area contributed by atoms with E-state index in [1.165, 1.54) is 12.5 Å². The molecule has 0 unspecified atom stereocenters. The molecular weight excluding hydrogens is 284 g/mol. The van der Waals surface area contributed by atoms with E-state index in [0.29, 0.717) is 24.6 Å². The lowest BCUT2D eigenvalue weighted by Crippen LogP contribution is -2.25. The van der Waals surface area contributed by atoms with Gasteiger partial charge in [-0.05, 0) is 18.7 Å². The molecule has 0 aliphatic carbocycles. The SMILES string of the molecule is CCNCc1ccc(S(=O)(=O)NCCc2ncon2)o1. The van der Waals surface area contributed by atoms with Gasteiger partial charge in [-0.3, -0.25) is 0 Å². The lowest BCUT2D eigenvalue weighted by atomic mass is 10.4. The molecule has 8 nitrogen and oxygen atoms in total. The number of rotatable bonds is 8. The van der Waals surface area contributed by atoms with E-state index in [4.69, 9.17) is 4.42 Å². The maximum Gasteiger partial charge on any atom is 0.273 e. The third-order valence-electron chi connectivity index (χ3n) is 2.50. The molecule has 0 aromatic carbocycles. The molecule has 0 bridgehead atoms. The van der Waals surface area contributed by atoms with Crippen LogP contribution < -0.4 is 10.0 Å². The number of aromatic nitrogens is 2. The molecule has 0 amide bonds. The van der Waals surface area contributed by atoms with Crippen LogP contribution in [0.3, 0.4) is 0 Å². The summed E-state index contributed by atoms with van der Waals surface area (Å²) in [6, 6.07) is 3.07. The second kappa shape index (κ2) is 6.64. The van der Waals surface area contributed by atoms with Crippen LogP contribution in [0.25, 0.3) is 0 Å². The third-order valence-corrected chi connectivity index (χ3v) is 3.83. The van der Waals surface area contributed by atoms with Crippen molar-refractivity contribution < 1.29 is 17.4 Å². The van der Waals surface area contributed by atoms with Crippen molar-refractivity contribution in [2.24, 2.45) is 0 Å². The van der Waals surface area contributed by atoms with Crippen LogP contribution >= 0.6 is 0 Å². The van der Waals surface area contributed by atoms with Gasteiger partial charge in [-0.1, -0.05) is 12.1 Å². The third kappa shape index (κ3) is 3.89. The Morgan fingerprint density at radius 1 is 1.35 bits per heavy atom. The summed E-state index contributed by atoms with van der Waals surface area (Å²) in [6.07, 6.45) is 1.55. The van der Waals surface area contributed by atoms with Gasteiger partial charge in [0.15, 0.2) is 5.82 Å². The van der Waals surface area contributed by atoms with Gasteiger partial charge in [0.25, 0.3) is 10.0 Å². The molecule has 0 atom stereocenters. The summed E-state index contributed by atoms with van der Waals surface area (Å²) in [5, 5.41) is 6.55. The maximum absolute atomic E-state index is 12.0. The Morgan fingerprint density at radius 3 is 2.90 bits per heavy atom. The standard InChI is InChI=1S/C11H16N4O4S/c1-2-12-7-9-3-4-11(19-9)20(16,17)14-6-5-10-13-8-18-15-10/h3-4,8,12,14H,2,5-7H2,1H3. The normalized spacial score (nSPS) is 11.8. The summed E-state index contributed by atoms with van der Waals surface area (Å²) >= 11 is 0. The molecule has 0 saturated carbocycles. The van der Waals surface area contributed by atoms with E-state index in [1.54, 1.807) is 6.07 Å². The van der Waals surface area contributed by atoms with Gasteiger partial charge in [0.2, 0.25) is 11.5 Å². The highest BCUT2D eigenvalue weighted by Crippen LogP contribution is 2.13. The Bertz CT molecular complexity index is 621. The van der Waals surface area contributed by atoms with Gasteiger partial charge in [-0.25, -0.2) is 13.1 Å². The van der Waals surface area contributed by atoms with Crippen molar-refractivity contribution >= 4 is 10.0 Å². The molecule has 2 N–H and O–H groups in total. The first-order chi connectivity index (χ1) is 9.62. The lowest BCUT2D eigenvalue weighted by molar-refractivity contribution is 0.400. The molecule has 0 aliphatic heterocycles. The highest BCUT2D eigenvalue weighted by Gasteiger charge is 2.18. The van der Waals surface area contributed by atoms with E-state index < -0.39 is 10.0 Å². The Hall–Kier alpha value is -1.71. The van der Waals surface area contributed by atoms with E-state index in [-0.39, 0.29) is 11.6 Å². The molecule has 0 spiro atoms. The summed E-state index contributed by atoms with van der Waals surface area (Å²) in [4.78, 5) is 3.80. The Morgan fingerprint density at radius 2 is 2.20 bits per heavy atom. The smallest absolute Gasteiger partial charge is 0.273 e. The van der Waals surface area contributed by atoms with E-state index in [1.807, 2.05) is 6.92 Å². The van der Waals surface area contributed by atoms with Crippen molar-refractivity contribution in [3.63, 3.8) is 0 Å². The van der Waals surface area contributed by atoms with Crippen molar-refractivity contribution in [3.05, 3.63) is 30.1 Å². The van der Waals surface area contributed by atoms with Crippen molar-refractivity contribution in [2.45, 2.75) is 25.0 Å². The van der Waals surface area contributed by atoms with Gasteiger partial charge in [0, 0.05) is 13.0 Å². The first kappa shape index (κ1) is 14.7. The molecule has 20 heavy (non-hydrogen) atoms. The number of nitrogens with one attached hydrogen (secondary N) is 2. The Kier molecular flexibility index (Phi) is 4.88. The van der Waals surface area contributed by atoms with Crippen LogP contribution in [0.4, 0.5) is 0 Å². The summed E-state index contributed by atoms with van der Waals surface area (Å²) in [6.45, 7) is 3.41. The van der Waals surface area contributed by atoms with E-state index in [9.17, 15) is 8.42 Å². The fourth-order valence-corrected chi connectivity index (χ4v) is 2.49. The van der Waals surface area contributed by atoms with Gasteiger partial charge < -0.3 is 14.3 Å². The first-order valence-electron chi connectivity index (χ1n) is 6.16. The van der Waals surface area contributed by atoms with Gasteiger partial charge in [-0.15, -0.1) is 0 Å². The highest BCUT2D eigenvalue weighted by molar-refractivity contribution is 7.89. The number of furan rings is 1. The molecule has 9 heteroatoms. The predicted molar refractivity (Wildman–Crippen MR) is 69.3 cm³/mol. The van der Waals surface area contributed by atoms with Crippen LogP contribution in [0.5, 0.6) is 0 Å². The Labute approximate surface area is 116 Å². The average molecular weight is 300 g/mol. The van der Waals surface area contributed by atoms with E-state index in [0.717, 1.165) is 6.54 Å². The Balaban J connectivity index is 1.90. The van der Waals surface area contributed by atoms with Crippen LogP contribution in [0.1, 0.15) is 18.5 Å². The van der Waals surface area contributed by atoms with Crippen LogP contribution in [0.2, 0.25) is 0 Å². The minimum Gasteiger partial charge on any atom is -0.447 e. The van der Waals surface area contributed by atoms with Gasteiger partial charge in [-0.2, -0.15) is 4.98 Å². The minimum atomic E-state index is -3.65. The van der Waals surface area contributed by atoms with Crippen LogP contribution in [0.15, 0.2) is 32.6 Å². The van der Waals surface area contributed by atoms with Crippen molar-refractivity contribution in [2.75, 3.05) is 13.1 Å². The number of nitrogens with zero attached hydrogens (tertiary/aromatic N) is 2. The second-order valence-electron chi connectivity index (χ2n) is 4.00. The zero-order chi connectivity index (χ0) is 14.4. The van der Waals surface area contributed by atoms with Crippen LogP contribution in [-0.2, 0) is 23.0 Å². The number of sulfonamides is 1. The van der Waals surface area contributed by atoms with Crippen LogP contribution in [0, 0.1) is 0 Å². The molecule has 2 aromatic heterocycles. The van der Waals surface area contributed by atoms with Gasteiger partial charge in [0.1, 0.15) is 5.76 Å². The van der Waals surface area contributed by atoms with E-state index in [2.05, 4.69) is 24.7 Å². The van der Waals surface area contributed by atoms with E-state index >= 15 is 0 Å². The number of hydrogen-bond donors (Lipinski definition) is 2. The molecular formula is C11H16N4O4S. The van der Waals surface area contributed by atoms with Crippen molar-refractivity contribution in [1.29, 1.82) is 0 Å². The molecule has 0 aliphatic rings. The first-order valence-corrected chi connectivity index (χ1v) is 7.64. The molecule has 110 valence electrons. The topological polar surface area (TPSA) is 110 Å². The second-order valence-corrected chi connectivity index (χ2v) is 5.69. The molecule has 0 fully saturated rings. The molecule has 0 saturated heterocycles. The highest BCUT2D eigenvalue weighted by atomic mass is 32.2. The maximum atomic E-state index is 12.0. The molecule has 2 rings (SSSR count). The fraction of sp³-hybridized carbons (Fsp3) is 0.455. The summed E-state index contributed by atoms with van der Waals surface area (Å²) in [5.41, 5.74) is 0. The summed E-state index contributed by atoms with van der Waals surface area (Å²) < 4.78 is 36.2. The quantitative estimate of drug-likeness (QED) is 0.721. The zero-order valence-corrected chi connectivity index (χ0v) is 11.8. The van der Waals surface area contributed by atoms with Gasteiger partial charge >= 0.3 is 0 Å². The predicted octanol–water partition coefficient (Wildman–Crippen LogP) is 0.293. The summed E-state index contributed by atoms with van der Waals surface area (Å²) in [5.74, 6) is 1.02. The minimum absolute atomic E-state index is 0.0986. The number of hydrogen-bond acceptors (Lipinski definition) is 7. The van der Waals surface area contributed by atoms with Crippen LogP contribution in [-0.4, -0.2) is 31.6 Å². The van der Waals surface area contributed by atoms with Crippen molar-refractivity contribution in [3.8, 4) is 0 Å². The molecule has 2 heterocycles. The van der Waals surface area contributed by atoms with Crippen molar-refractivity contribution in [1.82, 2.24) is 20.2 Å². The molecule has 0 radical (unpaired) electrons. The zero-order valence-electron chi connectivity index (χ0n) is 11.0. The van der Waals surface area contributed by atoms with Gasteiger partial charge in [0.05, 0.1) is 6.54 Å². The monoisotopic (exact) mass is 300 g/mol. The average Bonchev–Trinajstić information content (AvgIpc) is 3.07. The largest absolute Gasteiger partial charge is 0.447 e. The molecule has 2 aromatic rings.